The van der Waals surface area contributed by atoms with Gasteiger partial charge in [0.1, 0.15) is 0 Å². The van der Waals surface area contributed by atoms with Crippen molar-refractivity contribution in [2.45, 2.75) is 50.1 Å². The van der Waals surface area contributed by atoms with Crippen LogP contribution in [-0.2, 0) is 9.53 Å². The maximum absolute atomic E-state index is 10.9. The van der Waals surface area contributed by atoms with E-state index in [2.05, 4.69) is 36.4 Å². The average Bonchev–Trinajstić information content (AvgIpc) is 2.11. The topological polar surface area (TPSA) is 46.5 Å². The summed E-state index contributed by atoms with van der Waals surface area (Å²) in [6.07, 6.45) is 1.78. The van der Waals surface area contributed by atoms with E-state index < -0.39 is 5.60 Å². The van der Waals surface area contributed by atoms with Gasteiger partial charge in [-0.3, -0.25) is 4.79 Å². The first kappa shape index (κ1) is 14.2. The number of carbonyl (C=O) groups excluding carboxylic acids is 1. The number of hydrogen-bond acceptors (Lipinski definition) is 3. The minimum Gasteiger partial charge on any atom is -0.465 e. The Labute approximate surface area is 111 Å². The maximum Gasteiger partial charge on any atom is 0.302 e. The molecular weight excluding hydrogens is 319 g/mol. The third-order valence-corrected chi connectivity index (χ3v) is 6.04. The molecule has 0 unspecified atom stereocenters. The molecule has 0 radical (unpaired) electrons. The number of halogens is 1. The molecule has 1 rings (SSSR count). The molecule has 1 saturated carbocycles. The summed E-state index contributed by atoms with van der Waals surface area (Å²) < 4.78 is 5.60. The van der Waals surface area contributed by atoms with Crippen molar-refractivity contribution in [2.75, 3.05) is 6.61 Å². The number of carbonyl (C=O) groups is 1. The van der Waals surface area contributed by atoms with Gasteiger partial charge < -0.3 is 9.84 Å². The average molecular weight is 340 g/mol. The Balaban J connectivity index is 2.83. The molecular formula is C12H21IO3. The van der Waals surface area contributed by atoms with Crippen molar-refractivity contribution < 1.29 is 14.6 Å². The minimum absolute atomic E-state index is 0.000417. The lowest BCUT2D eigenvalue weighted by molar-refractivity contribution is -0.153. The Morgan fingerprint density at radius 3 is 2.56 bits per heavy atom. The lowest BCUT2D eigenvalue weighted by Gasteiger charge is -2.50. The summed E-state index contributed by atoms with van der Waals surface area (Å²) in [4.78, 5) is 10.9. The van der Waals surface area contributed by atoms with Crippen LogP contribution < -0.4 is 0 Å². The molecule has 16 heavy (non-hydrogen) atoms. The van der Waals surface area contributed by atoms with Crippen molar-refractivity contribution in [1.29, 1.82) is 0 Å². The molecule has 0 heterocycles. The van der Waals surface area contributed by atoms with Gasteiger partial charge in [-0.2, -0.15) is 0 Å². The molecule has 1 fully saturated rings. The first-order chi connectivity index (χ1) is 7.18. The second-order valence-corrected chi connectivity index (χ2v) is 7.04. The number of esters is 1. The number of rotatable bonds is 2. The molecule has 0 aromatic heterocycles. The Bertz CT molecular complexity index is 273. The summed E-state index contributed by atoms with van der Waals surface area (Å²) in [6, 6.07) is 0. The molecule has 1 aliphatic rings. The van der Waals surface area contributed by atoms with E-state index in [1.807, 2.05) is 6.92 Å². The maximum atomic E-state index is 10.9. The molecule has 0 aromatic rings. The molecule has 1 aliphatic carbocycles. The first-order valence-electron chi connectivity index (χ1n) is 5.67. The summed E-state index contributed by atoms with van der Waals surface area (Å²) >= 11 is 2.44. The number of ether oxygens (including phenoxy) is 1. The Hall–Kier alpha value is 0.160. The van der Waals surface area contributed by atoms with Gasteiger partial charge in [0.2, 0.25) is 0 Å². The SMILES string of the molecule is CC(=O)OC[C@@H]1C(C)(C)[C@@H](I)CC[C@]1(C)O. The van der Waals surface area contributed by atoms with Crippen LogP contribution in [0.3, 0.4) is 0 Å². The van der Waals surface area contributed by atoms with Crippen LogP contribution in [0, 0.1) is 11.3 Å². The zero-order valence-corrected chi connectivity index (χ0v) is 12.6. The lowest BCUT2D eigenvalue weighted by atomic mass is 9.62. The van der Waals surface area contributed by atoms with Crippen LogP contribution in [-0.4, -0.2) is 27.2 Å². The predicted molar refractivity (Wildman–Crippen MR) is 71.6 cm³/mol. The van der Waals surface area contributed by atoms with Crippen molar-refractivity contribution in [3.63, 3.8) is 0 Å². The highest BCUT2D eigenvalue weighted by Crippen LogP contribution is 2.49. The molecule has 0 aliphatic heterocycles. The normalized spacial score (nSPS) is 38.1. The molecule has 3 atom stereocenters. The van der Waals surface area contributed by atoms with Gasteiger partial charge in [-0.15, -0.1) is 0 Å². The Morgan fingerprint density at radius 2 is 2.06 bits per heavy atom. The molecule has 0 aromatic carbocycles. The fourth-order valence-electron chi connectivity index (χ4n) is 2.58. The molecule has 3 nitrogen and oxygen atoms in total. The molecule has 94 valence electrons. The van der Waals surface area contributed by atoms with E-state index in [1.165, 1.54) is 6.92 Å². The zero-order valence-electron chi connectivity index (χ0n) is 10.4. The second-order valence-electron chi connectivity index (χ2n) is 5.54. The van der Waals surface area contributed by atoms with E-state index in [0.717, 1.165) is 12.8 Å². The summed E-state index contributed by atoms with van der Waals surface area (Å²) in [6.45, 7) is 7.87. The van der Waals surface area contributed by atoms with Crippen LogP contribution in [0.4, 0.5) is 0 Å². The fourth-order valence-corrected chi connectivity index (χ4v) is 3.33. The van der Waals surface area contributed by atoms with Gasteiger partial charge >= 0.3 is 5.97 Å². The highest BCUT2D eigenvalue weighted by atomic mass is 127. The van der Waals surface area contributed by atoms with Crippen LogP contribution >= 0.6 is 22.6 Å². The van der Waals surface area contributed by atoms with Crippen molar-refractivity contribution in [2.24, 2.45) is 11.3 Å². The van der Waals surface area contributed by atoms with Crippen LogP contribution in [0.2, 0.25) is 0 Å². The van der Waals surface area contributed by atoms with Gasteiger partial charge in [0.05, 0.1) is 12.2 Å². The second kappa shape index (κ2) is 4.80. The first-order valence-corrected chi connectivity index (χ1v) is 6.92. The van der Waals surface area contributed by atoms with Gasteiger partial charge in [-0.25, -0.2) is 0 Å². The Morgan fingerprint density at radius 1 is 1.50 bits per heavy atom. The molecule has 0 bridgehead atoms. The number of alkyl halides is 1. The molecule has 1 N–H and O–H groups in total. The predicted octanol–water partition coefficient (Wildman–Crippen LogP) is 2.54. The zero-order chi connectivity index (χ0) is 12.6. The van der Waals surface area contributed by atoms with Gasteiger partial charge in [0.25, 0.3) is 0 Å². The van der Waals surface area contributed by atoms with Crippen LogP contribution in [0.5, 0.6) is 0 Å². The fraction of sp³-hybridized carbons (Fsp3) is 0.917. The van der Waals surface area contributed by atoms with Crippen LogP contribution in [0.1, 0.15) is 40.5 Å². The van der Waals surface area contributed by atoms with Crippen molar-refractivity contribution in [1.82, 2.24) is 0 Å². The van der Waals surface area contributed by atoms with E-state index in [1.54, 1.807) is 0 Å². The molecule has 0 saturated heterocycles. The molecule has 0 spiro atoms. The standard InChI is InChI=1S/C12H21IO3/c1-8(14)16-7-9-11(2,3)10(13)5-6-12(9,4)15/h9-10,15H,5-7H2,1-4H3/t9-,10+,12+/m1/s1. The smallest absolute Gasteiger partial charge is 0.302 e. The van der Waals surface area contributed by atoms with Crippen molar-refractivity contribution >= 4 is 28.6 Å². The third-order valence-electron chi connectivity index (χ3n) is 3.81. The van der Waals surface area contributed by atoms with E-state index in [-0.39, 0.29) is 17.3 Å². The summed E-state index contributed by atoms with van der Waals surface area (Å²) in [5.74, 6) is -0.276. The number of hydrogen-bond donors (Lipinski definition) is 1. The Kier molecular flexibility index (Phi) is 4.27. The third kappa shape index (κ3) is 2.88. The van der Waals surface area contributed by atoms with Crippen molar-refractivity contribution in [3.8, 4) is 0 Å². The summed E-state index contributed by atoms with van der Waals surface area (Å²) in [5, 5.41) is 10.4. The van der Waals surface area contributed by atoms with Gasteiger partial charge in [0, 0.05) is 16.8 Å². The van der Waals surface area contributed by atoms with E-state index in [4.69, 9.17) is 4.74 Å². The van der Waals surface area contributed by atoms with Gasteiger partial charge in [0.15, 0.2) is 0 Å². The quantitative estimate of drug-likeness (QED) is 0.477. The van der Waals surface area contributed by atoms with Crippen molar-refractivity contribution in [3.05, 3.63) is 0 Å². The largest absolute Gasteiger partial charge is 0.465 e. The lowest BCUT2D eigenvalue weighted by Crippen LogP contribution is -2.53. The monoisotopic (exact) mass is 340 g/mol. The minimum atomic E-state index is -0.735. The van der Waals surface area contributed by atoms with E-state index in [9.17, 15) is 9.90 Å². The molecule has 4 heteroatoms. The summed E-state index contributed by atoms with van der Waals surface area (Å²) in [5.41, 5.74) is -0.752. The summed E-state index contributed by atoms with van der Waals surface area (Å²) in [7, 11) is 0. The van der Waals surface area contributed by atoms with E-state index in [0.29, 0.717) is 10.5 Å². The van der Waals surface area contributed by atoms with Crippen LogP contribution in [0.25, 0.3) is 0 Å². The van der Waals surface area contributed by atoms with Gasteiger partial charge in [-0.05, 0) is 25.2 Å². The van der Waals surface area contributed by atoms with Gasteiger partial charge in [-0.1, -0.05) is 36.4 Å². The highest BCUT2D eigenvalue weighted by molar-refractivity contribution is 14.1. The van der Waals surface area contributed by atoms with Crippen LogP contribution in [0.15, 0.2) is 0 Å². The number of aliphatic hydroxyl groups is 1. The molecule has 0 amide bonds. The van der Waals surface area contributed by atoms with E-state index >= 15 is 0 Å². The highest BCUT2D eigenvalue weighted by Gasteiger charge is 2.50.